The van der Waals surface area contributed by atoms with Crippen molar-refractivity contribution in [2.75, 3.05) is 11.4 Å². The highest BCUT2D eigenvalue weighted by atomic mass is 35.5. The van der Waals surface area contributed by atoms with Crippen LogP contribution in [0.25, 0.3) is 0 Å². The monoisotopic (exact) mass is 388 g/mol. The van der Waals surface area contributed by atoms with E-state index in [1.54, 1.807) is 6.07 Å². The van der Waals surface area contributed by atoms with Gasteiger partial charge in [0.15, 0.2) is 0 Å². The van der Waals surface area contributed by atoms with E-state index >= 15 is 0 Å². The number of halogens is 2. The first-order valence-electron chi connectivity index (χ1n) is 9.15. The van der Waals surface area contributed by atoms with Crippen molar-refractivity contribution in [2.45, 2.75) is 52.5 Å². The summed E-state index contributed by atoms with van der Waals surface area (Å²) in [6.07, 6.45) is 3.05. The fourth-order valence-electron chi connectivity index (χ4n) is 4.12. The van der Waals surface area contributed by atoms with Crippen molar-refractivity contribution in [3.63, 3.8) is 0 Å². The zero-order valence-corrected chi connectivity index (χ0v) is 17.6. The molecule has 2 nitrogen and oxygen atoms in total. The van der Waals surface area contributed by atoms with Gasteiger partial charge in [0.05, 0.1) is 15.7 Å². The number of fused-ring (bicyclic) bond motifs is 1. The van der Waals surface area contributed by atoms with Gasteiger partial charge in [-0.1, -0.05) is 36.2 Å². The number of benzene rings is 2. The van der Waals surface area contributed by atoms with Gasteiger partial charge in [-0.15, -0.1) is 0 Å². The van der Waals surface area contributed by atoms with Crippen molar-refractivity contribution in [3.05, 3.63) is 57.1 Å². The molecule has 1 heterocycles. The maximum Gasteiger partial charge on any atom is 0.0848 e. The average molecular weight is 389 g/mol. The quantitative estimate of drug-likeness (QED) is 0.508. The van der Waals surface area contributed by atoms with Crippen molar-refractivity contribution in [2.24, 2.45) is 4.99 Å². The molecule has 1 unspecified atom stereocenters. The molecule has 0 fully saturated rings. The standard InChI is InChI=1S/C22H26Cl2N2/c1-6-26-20-10-14(2)16(11-17(20)15(3)12-22(26,4)5)13-25-19-9-7-8-18(23)21(19)24/h7-11,13,15H,6,12H2,1-5H3. The minimum Gasteiger partial charge on any atom is -0.366 e. The Hall–Kier alpha value is -1.51. The van der Waals surface area contributed by atoms with Gasteiger partial charge in [-0.2, -0.15) is 0 Å². The second-order valence-corrected chi connectivity index (χ2v) is 8.55. The first kappa shape index (κ1) is 19.3. The summed E-state index contributed by atoms with van der Waals surface area (Å²) in [6.45, 7) is 12.4. The lowest BCUT2D eigenvalue weighted by Crippen LogP contribution is -2.48. The molecule has 1 atom stereocenters. The van der Waals surface area contributed by atoms with E-state index in [9.17, 15) is 0 Å². The Kier molecular flexibility index (Phi) is 5.37. The van der Waals surface area contributed by atoms with Crippen LogP contribution in [0, 0.1) is 6.92 Å². The molecule has 138 valence electrons. The Morgan fingerprint density at radius 3 is 2.69 bits per heavy atom. The second-order valence-electron chi connectivity index (χ2n) is 7.76. The molecular formula is C22H26Cl2N2. The molecule has 0 spiro atoms. The molecule has 0 saturated heterocycles. The molecule has 2 aromatic carbocycles. The summed E-state index contributed by atoms with van der Waals surface area (Å²) in [5, 5.41) is 1.02. The smallest absolute Gasteiger partial charge is 0.0848 e. The van der Waals surface area contributed by atoms with Gasteiger partial charge >= 0.3 is 0 Å². The Labute approximate surface area is 166 Å². The molecular weight excluding hydrogens is 363 g/mol. The summed E-state index contributed by atoms with van der Waals surface area (Å²) in [6, 6.07) is 10.1. The highest BCUT2D eigenvalue weighted by Crippen LogP contribution is 2.44. The van der Waals surface area contributed by atoms with E-state index in [4.69, 9.17) is 23.2 Å². The third-order valence-electron chi connectivity index (χ3n) is 5.36. The highest BCUT2D eigenvalue weighted by Gasteiger charge is 2.35. The van der Waals surface area contributed by atoms with Gasteiger partial charge in [0.25, 0.3) is 0 Å². The summed E-state index contributed by atoms with van der Waals surface area (Å²) < 4.78 is 0. The molecule has 0 aromatic heterocycles. The van der Waals surface area contributed by atoms with Crippen LogP contribution in [0.5, 0.6) is 0 Å². The second kappa shape index (κ2) is 7.25. The Morgan fingerprint density at radius 1 is 1.27 bits per heavy atom. The number of aliphatic imine (C=N–C) groups is 1. The Morgan fingerprint density at radius 2 is 2.00 bits per heavy atom. The fourth-order valence-corrected chi connectivity index (χ4v) is 4.46. The van der Waals surface area contributed by atoms with Gasteiger partial charge < -0.3 is 4.90 Å². The summed E-state index contributed by atoms with van der Waals surface area (Å²) >= 11 is 12.3. The zero-order valence-electron chi connectivity index (χ0n) is 16.1. The number of hydrogen-bond donors (Lipinski definition) is 0. The van der Waals surface area contributed by atoms with Gasteiger partial charge in [0.2, 0.25) is 0 Å². The van der Waals surface area contributed by atoms with Crippen LogP contribution in [0.3, 0.4) is 0 Å². The van der Waals surface area contributed by atoms with Crippen molar-refractivity contribution < 1.29 is 0 Å². The first-order chi connectivity index (χ1) is 12.2. The van der Waals surface area contributed by atoms with Crippen LogP contribution < -0.4 is 4.90 Å². The largest absolute Gasteiger partial charge is 0.366 e. The lowest BCUT2D eigenvalue weighted by atomic mass is 9.79. The van der Waals surface area contributed by atoms with Gasteiger partial charge in [0.1, 0.15) is 0 Å². The normalized spacial score (nSPS) is 19.0. The molecule has 1 aliphatic heterocycles. The average Bonchev–Trinajstić information content (AvgIpc) is 2.56. The van der Waals surface area contributed by atoms with Crippen LogP contribution >= 0.6 is 23.2 Å². The van der Waals surface area contributed by atoms with E-state index in [1.165, 1.54) is 16.8 Å². The van der Waals surface area contributed by atoms with E-state index in [0.29, 0.717) is 21.7 Å². The molecule has 4 heteroatoms. The minimum absolute atomic E-state index is 0.178. The molecule has 0 aliphatic carbocycles. The van der Waals surface area contributed by atoms with Crippen LogP contribution in [0.15, 0.2) is 35.3 Å². The van der Waals surface area contributed by atoms with E-state index in [1.807, 2.05) is 18.3 Å². The molecule has 0 amide bonds. The van der Waals surface area contributed by atoms with Crippen LogP contribution in [0.1, 0.15) is 56.7 Å². The van der Waals surface area contributed by atoms with Crippen molar-refractivity contribution in [1.29, 1.82) is 0 Å². The molecule has 0 N–H and O–H groups in total. The summed E-state index contributed by atoms with van der Waals surface area (Å²) in [5.41, 5.74) is 5.97. The minimum atomic E-state index is 0.178. The van der Waals surface area contributed by atoms with E-state index in [2.05, 4.69) is 56.6 Å². The zero-order chi connectivity index (χ0) is 19.1. The third-order valence-corrected chi connectivity index (χ3v) is 6.17. The van der Waals surface area contributed by atoms with Crippen molar-refractivity contribution in [1.82, 2.24) is 0 Å². The first-order valence-corrected chi connectivity index (χ1v) is 9.90. The van der Waals surface area contributed by atoms with Gasteiger partial charge in [-0.05, 0) is 81.0 Å². The van der Waals surface area contributed by atoms with Gasteiger partial charge in [0, 0.05) is 24.0 Å². The highest BCUT2D eigenvalue weighted by molar-refractivity contribution is 6.43. The SMILES string of the molecule is CCN1c2cc(C)c(C=Nc3cccc(Cl)c3Cl)cc2C(C)CC1(C)C. The fraction of sp³-hybridized carbons (Fsp3) is 0.409. The Balaban J connectivity index is 2.03. The summed E-state index contributed by atoms with van der Waals surface area (Å²) in [4.78, 5) is 7.10. The molecule has 0 saturated carbocycles. The maximum absolute atomic E-state index is 6.25. The molecule has 0 radical (unpaired) electrons. The summed E-state index contributed by atoms with van der Waals surface area (Å²) in [5.74, 6) is 0.519. The molecule has 0 bridgehead atoms. The van der Waals surface area contributed by atoms with Crippen molar-refractivity contribution >= 4 is 40.8 Å². The van der Waals surface area contributed by atoms with Crippen LogP contribution in [-0.2, 0) is 0 Å². The van der Waals surface area contributed by atoms with Crippen LogP contribution in [-0.4, -0.2) is 18.3 Å². The lowest BCUT2D eigenvalue weighted by Gasteiger charge is -2.47. The van der Waals surface area contributed by atoms with Gasteiger partial charge in [-0.3, -0.25) is 4.99 Å². The molecule has 26 heavy (non-hydrogen) atoms. The van der Waals surface area contributed by atoms with Crippen molar-refractivity contribution in [3.8, 4) is 0 Å². The number of anilines is 1. The van der Waals surface area contributed by atoms with E-state index in [0.717, 1.165) is 18.5 Å². The summed E-state index contributed by atoms with van der Waals surface area (Å²) in [7, 11) is 0. The number of rotatable bonds is 3. The predicted octanol–water partition coefficient (Wildman–Crippen LogP) is 7.16. The topological polar surface area (TPSA) is 15.6 Å². The number of hydrogen-bond acceptors (Lipinski definition) is 2. The van der Waals surface area contributed by atoms with E-state index < -0.39 is 0 Å². The number of aryl methyl sites for hydroxylation is 1. The third kappa shape index (κ3) is 3.50. The molecule has 3 rings (SSSR count). The lowest BCUT2D eigenvalue weighted by molar-refractivity contribution is 0.381. The number of nitrogens with zero attached hydrogens (tertiary/aromatic N) is 2. The molecule has 2 aromatic rings. The Bertz CT molecular complexity index is 855. The van der Waals surface area contributed by atoms with Gasteiger partial charge in [-0.25, -0.2) is 0 Å². The molecule has 1 aliphatic rings. The van der Waals surface area contributed by atoms with Crippen LogP contribution in [0.4, 0.5) is 11.4 Å². The predicted molar refractivity (Wildman–Crippen MR) is 115 cm³/mol. The van der Waals surface area contributed by atoms with Crippen LogP contribution in [0.2, 0.25) is 10.0 Å². The maximum atomic E-state index is 6.25. The van der Waals surface area contributed by atoms with E-state index in [-0.39, 0.29) is 5.54 Å².